The maximum absolute atomic E-state index is 13.6. The molecule has 100 valence electrons. The summed E-state index contributed by atoms with van der Waals surface area (Å²) in [7, 11) is 1.64. The second-order valence-corrected chi connectivity index (χ2v) is 6.04. The molecular formula is C13H12BrFN2OS. The highest BCUT2D eigenvalue weighted by atomic mass is 79.9. The maximum Gasteiger partial charge on any atom is 0.256 e. The zero-order valence-corrected chi connectivity index (χ0v) is 12.6. The Morgan fingerprint density at radius 1 is 1.47 bits per heavy atom. The zero-order chi connectivity index (χ0) is 14.0. The lowest BCUT2D eigenvalue weighted by atomic mass is 10.1. The Morgan fingerprint density at radius 3 is 2.84 bits per heavy atom. The third-order valence-corrected chi connectivity index (χ3v) is 4.26. The van der Waals surface area contributed by atoms with Gasteiger partial charge in [0.15, 0.2) is 0 Å². The summed E-state index contributed by atoms with van der Waals surface area (Å²) in [5, 5.41) is 1.94. The fourth-order valence-corrected chi connectivity index (χ4v) is 3.16. The van der Waals surface area contributed by atoms with Crippen molar-refractivity contribution >= 4 is 38.9 Å². The van der Waals surface area contributed by atoms with Crippen LogP contribution in [0.4, 0.5) is 10.1 Å². The fourth-order valence-electron chi connectivity index (χ4n) is 1.65. The molecule has 1 amide bonds. The van der Waals surface area contributed by atoms with Crippen molar-refractivity contribution in [2.75, 3.05) is 12.8 Å². The molecule has 0 aliphatic rings. The molecule has 1 aromatic carbocycles. The molecule has 0 aliphatic carbocycles. The molecule has 0 spiro atoms. The molecule has 2 N–H and O–H groups in total. The van der Waals surface area contributed by atoms with Crippen LogP contribution >= 0.6 is 27.3 Å². The highest BCUT2D eigenvalue weighted by Gasteiger charge is 2.17. The number of amides is 1. The molecule has 0 bridgehead atoms. The molecular weight excluding hydrogens is 331 g/mol. The molecule has 0 radical (unpaired) electrons. The van der Waals surface area contributed by atoms with Crippen LogP contribution in [0.3, 0.4) is 0 Å². The summed E-state index contributed by atoms with van der Waals surface area (Å²) in [4.78, 5) is 14.6. The van der Waals surface area contributed by atoms with E-state index >= 15 is 0 Å². The number of hydrogen-bond acceptors (Lipinski definition) is 3. The van der Waals surface area contributed by atoms with Crippen LogP contribution in [0.2, 0.25) is 0 Å². The lowest BCUT2D eigenvalue weighted by Crippen LogP contribution is -2.26. The van der Waals surface area contributed by atoms with Crippen molar-refractivity contribution in [2.45, 2.75) is 6.54 Å². The van der Waals surface area contributed by atoms with Crippen molar-refractivity contribution in [1.82, 2.24) is 4.90 Å². The molecule has 0 saturated carbocycles. The van der Waals surface area contributed by atoms with E-state index in [1.165, 1.54) is 34.4 Å². The smallest absolute Gasteiger partial charge is 0.256 e. The minimum atomic E-state index is -0.557. The first-order valence-electron chi connectivity index (χ1n) is 5.51. The number of anilines is 1. The average Bonchev–Trinajstić information content (AvgIpc) is 2.77. The van der Waals surface area contributed by atoms with Crippen LogP contribution in [0.1, 0.15) is 15.2 Å². The normalized spacial score (nSPS) is 10.5. The SMILES string of the molecule is CN(Cc1cc(Br)cs1)C(=O)c1cc(N)ccc1F. The number of halogens is 2. The van der Waals surface area contributed by atoms with Crippen LogP contribution in [0, 0.1) is 5.82 Å². The van der Waals surface area contributed by atoms with Crippen molar-refractivity contribution < 1.29 is 9.18 Å². The third-order valence-electron chi connectivity index (χ3n) is 2.58. The van der Waals surface area contributed by atoms with E-state index in [-0.39, 0.29) is 11.5 Å². The first-order valence-corrected chi connectivity index (χ1v) is 7.18. The predicted octanol–water partition coefficient (Wildman–Crippen LogP) is 3.50. The molecule has 0 aliphatic heterocycles. The highest BCUT2D eigenvalue weighted by molar-refractivity contribution is 9.10. The van der Waals surface area contributed by atoms with Gasteiger partial charge in [0.2, 0.25) is 0 Å². The van der Waals surface area contributed by atoms with Crippen LogP contribution in [0.25, 0.3) is 0 Å². The van der Waals surface area contributed by atoms with E-state index in [2.05, 4.69) is 15.9 Å². The second-order valence-electron chi connectivity index (χ2n) is 4.13. The van der Waals surface area contributed by atoms with Gasteiger partial charge in [0, 0.05) is 27.5 Å². The molecule has 0 saturated heterocycles. The summed E-state index contributed by atoms with van der Waals surface area (Å²) in [6, 6.07) is 5.93. The predicted molar refractivity (Wildman–Crippen MR) is 78.6 cm³/mol. The summed E-state index contributed by atoms with van der Waals surface area (Å²) < 4.78 is 14.6. The minimum Gasteiger partial charge on any atom is -0.399 e. The van der Waals surface area contributed by atoms with Crippen molar-refractivity contribution in [3.05, 3.63) is 50.4 Å². The van der Waals surface area contributed by atoms with Gasteiger partial charge in [-0.15, -0.1) is 11.3 Å². The molecule has 0 atom stereocenters. The largest absolute Gasteiger partial charge is 0.399 e. The summed E-state index contributed by atoms with van der Waals surface area (Å²) in [6.07, 6.45) is 0. The van der Waals surface area contributed by atoms with Crippen molar-refractivity contribution in [1.29, 1.82) is 0 Å². The van der Waals surface area contributed by atoms with Crippen LogP contribution in [-0.2, 0) is 6.54 Å². The fraction of sp³-hybridized carbons (Fsp3) is 0.154. The Labute approximate surface area is 123 Å². The van der Waals surface area contributed by atoms with Crippen LogP contribution < -0.4 is 5.73 Å². The standard InChI is InChI=1S/C13H12BrFN2OS/c1-17(6-10-4-8(14)7-19-10)13(18)11-5-9(16)2-3-12(11)15/h2-5,7H,6,16H2,1H3. The van der Waals surface area contributed by atoms with E-state index in [1.807, 2.05) is 11.4 Å². The van der Waals surface area contributed by atoms with E-state index in [9.17, 15) is 9.18 Å². The molecule has 2 aromatic rings. The van der Waals surface area contributed by atoms with Crippen LogP contribution in [-0.4, -0.2) is 17.9 Å². The van der Waals surface area contributed by atoms with E-state index < -0.39 is 5.82 Å². The van der Waals surface area contributed by atoms with Gasteiger partial charge in [0.25, 0.3) is 5.91 Å². The van der Waals surface area contributed by atoms with Crippen LogP contribution in [0.15, 0.2) is 34.1 Å². The Morgan fingerprint density at radius 2 is 2.21 bits per heavy atom. The lowest BCUT2D eigenvalue weighted by Gasteiger charge is -2.16. The number of carbonyl (C=O) groups is 1. The average molecular weight is 343 g/mol. The topological polar surface area (TPSA) is 46.3 Å². The summed E-state index contributed by atoms with van der Waals surface area (Å²) >= 11 is 4.89. The summed E-state index contributed by atoms with van der Waals surface area (Å²) in [5.74, 6) is -0.937. The Kier molecular flexibility index (Phi) is 4.21. The van der Waals surface area contributed by atoms with E-state index in [0.29, 0.717) is 12.2 Å². The van der Waals surface area contributed by atoms with Gasteiger partial charge in [-0.25, -0.2) is 4.39 Å². The first-order chi connectivity index (χ1) is 8.97. The Balaban J connectivity index is 2.16. The van der Waals surface area contributed by atoms with Gasteiger partial charge in [0.1, 0.15) is 5.82 Å². The first kappa shape index (κ1) is 14.0. The molecule has 1 heterocycles. The second kappa shape index (κ2) is 5.71. The number of nitrogens with zero attached hydrogens (tertiary/aromatic N) is 1. The molecule has 1 aromatic heterocycles. The molecule has 3 nitrogen and oxygen atoms in total. The molecule has 19 heavy (non-hydrogen) atoms. The van der Waals surface area contributed by atoms with Crippen molar-refractivity contribution in [3.63, 3.8) is 0 Å². The van der Waals surface area contributed by atoms with Gasteiger partial charge in [0.05, 0.1) is 12.1 Å². The van der Waals surface area contributed by atoms with Crippen LogP contribution in [0.5, 0.6) is 0 Å². The molecule has 0 unspecified atom stereocenters. The molecule has 0 fully saturated rings. The maximum atomic E-state index is 13.6. The van der Waals surface area contributed by atoms with Crippen molar-refractivity contribution in [2.24, 2.45) is 0 Å². The molecule has 2 rings (SSSR count). The van der Waals surface area contributed by atoms with Gasteiger partial charge >= 0.3 is 0 Å². The van der Waals surface area contributed by atoms with Gasteiger partial charge < -0.3 is 10.6 Å². The molecule has 6 heteroatoms. The Hall–Kier alpha value is -1.40. The summed E-state index contributed by atoms with van der Waals surface area (Å²) in [5.41, 5.74) is 5.95. The minimum absolute atomic E-state index is 0.00174. The van der Waals surface area contributed by atoms with Gasteiger partial charge in [-0.05, 0) is 40.2 Å². The van der Waals surface area contributed by atoms with Gasteiger partial charge in [-0.1, -0.05) is 0 Å². The number of rotatable bonds is 3. The van der Waals surface area contributed by atoms with E-state index in [1.54, 1.807) is 7.05 Å². The van der Waals surface area contributed by atoms with E-state index in [4.69, 9.17) is 5.73 Å². The Bertz CT molecular complexity index is 614. The number of hydrogen-bond donors (Lipinski definition) is 1. The number of carbonyl (C=O) groups excluding carboxylic acids is 1. The lowest BCUT2D eigenvalue weighted by molar-refractivity contribution is 0.0782. The zero-order valence-electron chi connectivity index (χ0n) is 10.2. The number of nitrogens with two attached hydrogens (primary N) is 1. The summed E-state index contributed by atoms with van der Waals surface area (Å²) in [6.45, 7) is 0.434. The number of thiophene rings is 1. The number of benzene rings is 1. The number of nitrogen functional groups attached to an aromatic ring is 1. The van der Waals surface area contributed by atoms with E-state index in [0.717, 1.165) is 9.35 Å². The van der Waals surface area contributed by atoms with Gasteiger partial charge in [-0.3, -0.25) is 4.79 Å². The quantitative estimate of drug-likeness (QED) is 0.867. The van der Waals surface area contributed by atoms with Crippen molar-refractivity contribution in [3.8, 4) is 0 Å². The van der Waals surface area contributed by atoms with Gasteiger partial charge in [-0.2, -0.15) is 0 Å². The monoisotopic (exact) mass is 342 g/mol. The highest BCUT2D eigenvalue weighted by Crippen LogP contribution is 2.22. The third kappa shape index (κ3) is 3.33.